The van der Waals surface area contributed by atoms with Gasteiger partial charge in [0.15, 0.2) is 11.5 Å². The first kappa shape index (κ1) is 19.3. The van der Waals surface area contributed by atoms with Gasteiger partial charge in [0.05, 0.1) is 0 Å². The summed E-state index contributed by atoms with van der Waals surface area (Å²) in [6.45, 7) is 0. The van der Waals surface area contributed by atoms with Gasteiger partial charge in [0, 0.05) is 34.3 Å². The van der Waals surface area contributed by atoms with Crippen molar-refractivity contribution in [1.82, 2.24) is 0 Å². The van der Waals surface area contributed by atoms with E-state index in [-0.39, 0.29) is 34.2 Å². The van der Waals surface area contributed by atoms with Crippen molar-refractivity contribution in [3.63, 3.8) is 0 Å². The number of allylic oxidation sites excluding steroid dienone is 2. The Morgan fingerprint density at radius 2 is 1.38 bits per heavy atom. The van der Waals surface area contributed by atoms with Crippen LogP contribution in [0.3, 0.4) is 0 Å². The van der Waals surface area contributed by atoms with E-state index in [0.29, 0.717) is 11.1 Å². The van der Waals surface area contributed by atoms with E-state index < -0.39 is 11.8 Å². The van der Waals surface area contributed by atoms with E-state index in [4.69, 9.17) is 4.74 Å². The summed E-state index contributed by atoms with van der Waals surface area (Å²) >= 11 is 0. The minimum atomic E-state index is -0.651. The number of ketones is 2. The SMILES string of the molecule is O=C1C=C(OC(=O)[c-]2cccc2)C(=O)c2ccccc21.[Fe].[cH-]1[cH-][cH-][cH-][cH-]1. The van der Waals surface area contributed by atoms with Crippen molar-refractivity contribution in [2.24, 2.45) is 0 Å². The number of esters is 1. The monoisotopic (exact) mass is 386 g/mol. The van der Waals surface area contributed by atoms with Crippen LogP contribution in [-0.4, -0.2) is 17.5 Å². The second kappa shape index (κ2) is 8.90. The molecule has 0 N–H and O–H groups in total. The molecule has 3 aromatic rings. The maximum Gasteiger partial charge on any atom is 0.286 e. The summed E-state index contributed by atoms with van der Waals surface area (Å²) < 4.78 is 5.03. The summed E-state index contributed by atoms with van der Waals surface area (Å²) in [4.78, 5) is 35.9. The smallest absolute Gasteiger partial charge is 0.286 e. The summed E-state index contributed by atoms with van der Waals surface area (Å²) in [5.41, 5.74) is 0.918. The van der Waals surface area contributed by atoms with Gasteiger partial charge in [0.1, 0.15) is 0 Å². The number of ether oxygens (including phenoxy) is 1. The van der Waals surface area contributed by atoms with Gasteiger partial charge in [-0.2, -0.15) is 12.1 Å². The molecule has 1 aliphatic rings. The van der Waals surface area contributed by atoms with E-state index in [1.165, 1.54) is 0 Å². The fourth-order valence-electron chi connectivity index (χ4n) is 2.36. The van der Waals surface area contributed by atoms with Gasteiger partial charge in [-0.15, -0.1) is 0 Å². The second-order valence-electron chi connectivity index (χ2n) is 5.27. The Morgan fingerprint density at radius 3 is 1.96 bits per heavy atom. The molecule has 0 spiro atoms. The second-order valence-corrected chi connectivity index (χ2v) is 5.27. The van der Waals surface area contributed by atoms with Gasteiger partial charge in [-0.1, -0.05) is 29.8 Å². The molecule has 4 rings (SSSR count). The van der Waals surface area contributed by atoms with E-state index in [9.17, 15) is 14.4 Å². The standard InChI is InChI=1S/C16H9O4.C5H5.Fe/c17-13-9-14(20-16(19)10-5-1-2-6-10)15(18)12-8-4-3-7-11(12)13;1-2-4-5-3-1;/h1-9H;1-5H;/q-1;-5;. The Balaban J connectivity index is 0.000000351. The number of hydrogen-bond acceptors (Lipinski definition) is 4. The van der Waals surface area contributed by atoms with Crippen molar-refractivity contribution in [1.29, 1.82) is 0 Å². The maximum atomic E-state index is 12.2. The van der Waals surface area contributed by atoms with Gasteiger partial charge in [-0.3, -0.25) is 14.4 Å². The molecular formula is C21H14FeO4-6. The molecule has 0 heterocycles. The summed E-state index contributed by atoms with van der Waals surface area (Å²) in [6, 6.07) is 23.0. The van der Waals surface area contributed by atoms with Crippen LogP contribution in [0, 0.1) is 0 Å². The molecule has 136 valence electrons. The molecule has 0 atom stereocenters. The number of hydrogen-bond donors (Lipinski definition) is 0. The summed E-state index contributed by atoms with van der Waals surface area (Å²) in [5, 5.41) is 0. The number of Topliss-reactive ketones (excluding diaryl/α,β-unsaturated/α-hetero) is 1. The van der Waals surface area contributed by atoms with Gasteiger partial charge in [0.25, 0.3) is 5.97 Å². The first-order valence-electron chi connectivity index (χ1n) is 7.67. The van der Waals surface area contributed by atoms with Crippen LogP contribution in [0.4, 0.5) is 0 Å². The zero-order valence-corrected chi connectivity index (χ0v) is 14.7. The average molecular weight is 386 g/mol. The van der Waals surface area contributed by atoms with Crippen molar-refractivity contribution in [2.75, 3.05) is 0 Å². The third-order valence-corrected chi connectivity index (χ3v) is 3.58. The Labute approximate surface area is 161 Å². The Morgan fingerprint density at radius 1 is 0.846 bits per heavy atom. The first-order chi connectivity index (χ1) is 12.2. The van der Waals surface area contributed by atoms with Crippen molar-refractivity contribution in [3.8, 4) is 0 Å². The summed E-state index contributed by atoms with van der Waals surface area (Å²) in [7, 11) is 0. The molecule has 5 heteroatoms. The largest absolute Gasteiger partial charge is 0.748 e. The Kier molecular flexibility index (Phi) is 6.61. The molecule has 1 aliphatic carbocycles. The van der Waals surface area contributed by atoms with Crippen LogP contribution in [0.1, 0.15) is 31.1 Å². The van der Waals surface area contributed by atoms with Crippen LogP contribution in [0.2, 0.25) is 0 Å². The van der Waals surface area contributed by atoms with Gasteiger partial charge in [-0.05, 0) is 0 Å². The molecule has 26 heavy (non-hydrogen) atoms. The topological polar surface area (TPSA) is 60.4 Å². The minimum Gasteiger partial charge on any atom is -0.748 e. The molecule has 0 unspecified atom stereocenters. The predicted molar refractivity (Wildman–Crippen MR) is 92.7 cm³/mol. The van der Waals surface area contributed by atoms with Crippen LogP contribution in [0.25, 0.3) is 0 Å². The fourth-order valence-corrected chi connectivity index (χ4v) is 2.36. The Hall–Kier alpha value is -3.01. The van der Waals surface area contributed by atoms with Gasteiger partial charge < -0.3 is 35.1 Å². The van der Waals surface area contributed by atoms with Gasteiger partial charge in [0.2, 0.25) is 5.78 Å². The normalized spacial score (nSPS) is 12.1. The number of rotatable bonds is 2. The van der Waals surface area contributed by atoms with Crippen LogP contribution in [0.5, 0.6) is 0 Å². The minimum absolute atomic E-state index is 0. The molecule has 0 aromatic heterocycles. The van der Waals surface area contributed by atoms with Crippen molar-refractivity contribution >= 4 is 17.5 Å². The number of benzene rings is 1. The number of fused-ring (bicyclic) bond motifs is 1. The van der Waals surface area contributed by atoms with Crippen LogP contribution in [0.15, 0.2) is 90.7 Å². The molecule has 0 fully saturated rings. The maximum absolute atomic E-state index is 12.2. The van der Waals surface area contributed by atoms with E-state index in [2.05, 4.69) is 0 Å². The van der Waals surface area contributed by atoms with Crippen LogP contribution < -0.4 is 0 Å². The van der Waals surface area contributed by atoms with Gasteiger partial charge in [-0.25, -0.2) is 12.1 Å². The van der Waals surface area contributed by atoms with E-state index >= 15 is 0 Å². The van der Waals surface area contributed by atoms with E-state index in [0.717, 1.165) is 6.08 Å². The summed E-state index contributed by atoms with van der Waals surface area (Å²) in [5.74, 6) is -1.69. The first-order valence-corrected chi connectivity index (χ1v) is 7.67. The molecule has 0 radical (unpaired) electrons. The third-order valence-electron chi connectivity index (χ3n) is 3.58. The predicted octanol–water partition coefficient (Wildman–Crippen LogP) is 3.93. The van der Waals surface area contributed by atoms with E-state index in [1.54, 1.807) is 48.5 Å². The molecule has 0 saturated carbocycles. The zero-order chi connectivity index (χ0) is 17.6. The van der Waals surface area contributed by atoms with Crippen molar-refractivity contribution < 1.29 is 36.2 Å². The van der Waals surface area contributed by atoms with Crippen LogP contribution in [-0.2, 0) is 21.8 Å². The molecule has 0 aliphatic heterocycles. The molecule has 0 saturated heterocycles. The quantitative estimate of drug-likeness (QED) is 0.381. The molecular weight excluding hydrogens is 372 g/mol. The average Bonchev–Trinajstić information content (AvgIpc) is 3.35. The zero-order valence-electron chi connectivity index (χ0n) is 13.6. The molecule has 4 nitrogen and oxygen atoms in total. The molecule has 3 aromatic carbocycles. The third kappa shape index (κ3) is 4.33. The van der Waals surface area contributed by atoms with Crippen molar-refractivity contribution in [2.45, 2.75) is 0 Å². The van der Waals surface area contributed by atoms with Crippen molar-refractivity contribution in [3.05, 3.63) is 107 Å². The molecule has 0 bridgehead atoms. The van der Waals surface area contributed by atoms with E-state index in [1.807, 2.05) is 30.3 Å². The van der Waals surface area contributed by atoms with Gasteiger partial charge >= 0.3 is 0 Å². The number of carbonyl (C=O) groups excluding carboxylic acids is 3. The van der Waals surface area contributed by atoms with Crippen LogP contribution >= 0.6 is 0 Å². The Bertz CT molecular complexity index is 902. The summed E-state index contributed by atoms with van der Waals surface area (Å²) in [6.07, 6.45) is 1.06. The number of carbonyl (C=O) groups is 3. The molecule has 0 amide bonds. The fraction of sp³-hybridized carbons (Fsp3) is 0.